The zero-order chi connectivity index (χ0) is 18.2. The molecule has 2 amide bonds. The van der Waals surface area contributed by atoms with Gasteiger partial charge in [-0.3, -0.25) is 9.59 Å². The highest BCUT2D eigenvalue weighted by Crippen LogP contribution is 2.25. The van der Waals surface area contributed by atoms with Crippen LogP contribution in [0.4, 0.5) is 15.8 Å². The lowest BCUT2D eigenvalue weighted by molar-refractivity contribution is -0.116. The van der Waals surface area contributed by atoms with E-state index < -0.39 is 0 Å². The molecule has 0 saturated carbocycles. The monoisotopic (exact) mass is 364 g/mol. The molecule has 132 valence electrons. The minimum absolute atomic E-state index is 0.195. The molecule has 5 nitrogen and oxygen atoms in total. The molecule has 2 rings (SSSR count). The fourth-order valence-corrected chi connectivity index (χ4v) is 2.26. The van der Waals surface area contributed by atoms with Crippen molar-refractivity contribution in [2.24, 2.45) is 0 Å². The van der Waals surface area contributed by atoms with Crippen LogP contribution < -0.4 is 15.4 Å². The zero-order valence-corrected chi connectivity index (χ0v) is 14.4. The third-order valence-electron chi connectivity index (χ3n) is 3.17. The van der Waals surface area contributed by atoms with E-state index in [0.29, 0.717) is 35.2 Å². The lowest BCUT2D eigenvalue weighted by Gasteiger charge is -2.10. The van der Waals surface area contributed by atoms with Crippen molar-refractivity contribution in [1.82, 2.24) is 0 Å². The number of carbonyl (C=O) groups excluding carboxylic acids is 2. The van der Waals surface area contributed by atoms with Gasteiger partial charge in [0.05, 0.1) is 17.3 Å². The molecule has 0 heterocycles. The Kier molecular flexibility index (Phi) is 6.77. The van der Waals surface area contributed by atoms with Crippen LogP contribution in [0.5, 0.6) is 5.75 Å². The highest BCUT2D eigenvalue weighted by molar-refractivity contribution is 6.33. The molecule has 0 bridgehead atoms. The Morgan fingerprint density at radius 3 is 2.68 bits per heavy atom. The molecule has 2 aromatic rings. The molecule has 0 atom stereocenters. The topological polar surface area (TPSA) is 67.4 Å². The van der Waals surface area contributed by atoms with E-state index in [1.807, 2.05) is 0 Å². The molecule has 0 aliphatic carbocycles. The average Bonchev–Trinajstić information content (AvgIpc) is 2.54. The van der Waals surface area contributed by atoms with Crippen molar-refractivity contribution in [2.75, 3.05) is 17.2 Å². The predicted octanol–water partition coefficient (Wildman–Crippen LogP) is 4.24. The van der Waals surface area contributed by atoms with Crippen molar-refractivity contribution < 1.29 is 18.7 Å². The molecule has 0 fully saturated rings. The Hall–Kier alpha value is -2.60. The van der Waals surface area contributed by atoms with Crippen LogP contribution in [0.3, 0.4) is 0 Å². The molecule has 7 heteroatoms. The Morgan fingerprint density at radius 2 is 1.96 bits per heavy atom. The Labute approximate surface area is 150 Å². The third-order valence-corrected chi connectivity index (χ3v) is 3.50. The van der Waals surface area contributed by atoms with E-state index in [1.165, 1.54) is 19.1 Å². The third kappa shape index (κ3) is 6.43. The minimum atomic E-state index is -0.368. The molecule has 2 N–H and O–H groups in total. The van der Waals surface area contributed by atoms with Gasteiger partial charge in [0, 0.05) is 25.1 Å². The molecule has 0 aromatic heterocycles. The summed E-state index contributed by atoms with van der Waals surface area (Å²) in [7, 11) is 0. The van der Waals surface area contributed by atoms with Gasteiger partial charge in [-0.2, -0.15) is 0 Å². The quantitative estimate of drug-likeness (QED) is 0.722. The van der Waals surface area contributed by atoms with Crippen molar-refractivity contribution in [3.63, 3.8) is 0 Å². The molecule has 0 unspecified atom stereocenters. The van der Waals surface area contributed by atoms with Gasteiger partial charge < -0.3 is 15.4 Å². The van der Waals surface area contributed by atoms with Crippen LogP contribution in [0.2, 0.25) is 5.02 Å². The first-order valence-corrected chi connectivity index (χ1v) is 8.07. The molecule has 0 radical (unpaired) electrons. The molecular formula is C18H18ClFN2O3. The lowest BCUT2D eigenvalue weighted by Crippen LogP contribution is -2.13. The molecule has 0 aliphatic heterocycles. The number of hydrogen-bond acceptors (Lipinski definition) is 3. The lowest BCUT2D eigenvalue weighted by atomic mass is 10.2. The summed E-state index contributed by atoms with van der Waals surface area (Å²) in [6, 6.07) is 10.7. The molecular weight excluding hydrogens is 347 g/mol. The largest absolute Gasteiger partial charge is 0.493 e. The highest BCUT2D eigenvalue weighted by Gasteiger charge is 2.07. The SMILES string of the molecule is CC(=O)Nc1cc(NC(=O)CCCOc2cccc(F)c2)ccc1Cl. The maximum Gasteiger partial charge on any atom is 0.224 e. The van der Waals surface area contributed by atoms with Crippen molar-refractivity contribution in [3.05, 3.63) is 53.3 Å². The van der Waals surface area contributed by atoms with Gasteiger partial charge in [-0.25, -0.2) is 4.39 Å². The maximum atomic E-state index is 13.0. The van der Waals surface area contributed by atoms with Gasteiger partial charge >= 0.3 is 0 Å². The van der Waals surface area contributed by atoms with Crippen LogP contribution in [0.15, 0.2) is 42.5 Å². The summed E-state index contributed by atoms with van der Waals surface area (Å²) in [5, 5.41) is 5.70. The highest BCUT2D eigenvalue weighted by atomic mass is 35.5. The van der Waals surface area contributed by atoms with Crippen LogP contribution in [0, 0.1) is 5.82 Å². The summed E-state index contributed by atoms with van der Waals surface area (Å²) >= 11 is 5.98. The van der Waals surface area contributed by atoms with Gasteiger partial charge in [0.25, 0.3) is 0 Å². The van der Waals surface area contributed by atoms with E-state index >= 15 is 0 Å². The van der Waals surface area contributed by atoms with Crippen molar-refractivity contribution >= 4 is 34.8 Å². The Bertz CT molecular complexity index is 768. The minimum Gasteiger partial charge on any atom is -0.493 e. The van der Waals surface area contributed by atoms with Gasteiger partial charge in [-0.15, -0.1) is 0 Å². The molecule has 0 spiro atoms. The maximum absolute atomic E-state index is 13.0. The normalized spacial score (nSPS) is 10.2. The van der Waals surface area contributed by atoms with Gasteiger partial charge in [0.1, 0.15) is 11.6 Å². The van der Waals surface area contributed by atoms with Crippen LogP contribution >= 0.6 is 11.6 Å². The van der Waals surface area contributed by atoms with Crippen LogP contribution in [-0.4, -0.2) is 18.4 Å². The molecule has 2 aromatic carbocycles. The average molecular weight is 365 g/mol. The van der Waals surface area contributed by atoms with Crippen molar-refractivity contribution in [2.45, 2.75) is 19.8 Å². The summed E-state index contributed by atoms with van der Waals surface area (Å²) in [6.07, 6.45) is 0.724. The van der Waals surface area contributed by atoms with Crippen molar-refractivity contribution in [3.8, 4) is 5.75 Å². The summed E-state index contributed by atoms with van der Waals surface area (Å²) in [6.45, 7) is 1.68. The smallest absolute Gasteiger partial charge is 0.224 e. The number of hydrogen-bond donors (Lipinski definition) is 2. The fraction of sp³-hybridized carbons (Fsp3) is 0.222. The first-order valence-electron chi connectivity index (χ1n) is 7.69. The summed E-state index contributed by atoms with van der Waals surface area (Å²) in [5.74, 6) is -0.384. The van der Waals surface area contributed by atoms with E-state index in [0.717, 1.165) is 0 Å². The first-order chi connectivity index (χ1) is 11.9. The second-order valence-electron chi connectivity index (χ2n) is 5.33. The number of rotatable bonds is 7. The number of carbonyl (C=O) groups is 2. The van der Waals surface area contributed by atoms with Crippen molar-refractivity contribution in [1.29, 1.82) is 0 Å². The summed E-state index contributed by atoms with van der Waals surface area (Å²) in [5.41, 5.74) is 0.964. The van der Waals surface area contributed by atoms with E-state index in [-0.39, 0.29) is 24.1 Å². The van der Waals surface area contributed by atoms with Gasteiger partial charge in [0.2, 0.25) is 11.8 Å². The van der Waals surface area contributed by atoms with Gasteiger partial charge in [-0.1, -0.05) is 17.7 Å². The van der Waals surface area contributed by atoms with E-state index in [1.54, 1.807) is 30.3 Å². The zero-order valence-electron chi connectivity index (χ0n) is 13.6. The van der Waals surface area contributed by atoms with Gasteiger partial charge in [-0.05, 0) is 36.8 Å². The number of benzene rings is 2. The molecule has 0 aliphatic rings. The van der Waals surface area contributed by atoms with Crippen LogP contribution in [0.25, 0.3) is 0 Å². The second-order valence-corrected chi connectivity index (χ2v) is 5.74. The van der Waals surface area contributed by atoms with Crippen LogP contribution in [0.1, 0.15) is 19.8 Å². The van der Waals surface area contributed by atoms with E-state index in [4.69, 9.17) is 16.3 Å². The number of amides is 2. The number of halogens is 2. The Morgan fingerprint density at radius 1 is 1.16 bits per heavy atom. The summed E-state index contributed by atoms with van der Waals surface area (Å²) < 4.78 is 18.4. The number of nitrogens with one attached hydrogen (secondary N) is 2. The fourth-order valence-electron chi connectivity index (χ4n) is 2.09. The first kappa shape index (κ1) is 18.7. The second kappa shape index (κ2) is 9.03. The van der Waals surface area contributed by atoms with E-state index in [9.17, 15) is 14.0 Å². The molecule has 25 heavy (non-hydrogen) atoms. The standard InChI is InChI=1S/C18H18ClFN2O3/c1-12(23)21-17-11-14(7-8-16(17)19)22-18(24)6-3-9-25-15-5-2-4-13(20)10-15/h2,4-5,7-8,10-11H,3,6,9H2,1H3,(H,21,23)(H,22,24). The molecule has 0 saturated heterocycles. The van der Waals surface area contributed by atoms with Crippen LogP contribution in [-0.2, 0) is 9.59 Å². The number of anilines is 2. The van der Waals surface area contributed by atoms with Gasteiger partial charge in [0.15, 0.2) is 0 Å². The summed E-state index contributed by atoms with van der Waals surface area (Å²) in [4.78, 5) is 23.1. The Balaban J connectivity index is 1.79. The predicted molar refractivity (Wildman–Crippen MR) is 95.5 cm³/mol. The van der Waals surface area contributed by atoms with E-state index in [2.05, 4.69) is 10.6 Å². The number of ether oxygens (including phenoxy) is 1.